The zero-order chi connectivity index (χ0) is 13.8. The van der Waals surface area contributed by atoms with Gasteiger partial charge in [-0.05, 0) is 25.1 Å². The Morgan fingerprint density at radius 3 is 2.47 bits per heavy atom. The molecule has 19 heavy (non-hydrogen) atoms. The Morgan fingerprint density at radius 1 is 1.11 bits per heavy atom. The van der Waals surface area contributed by atoms with E-state index in [2.05, 4.69) is 0 Å². The van der Waals surface area contributed by atoms with E-state index >= 15 is 0 Å². The number of benzene rings is 2. The Bertz CT molecular complexity index is 570. The topological polar surface area (TPSA) is 29.3 Å². The van der Waals surface area contributed by atoms with Crippen molar-refractivity contribution < 1.29 is 8.78 Å². The van der Waals surface area contributed by atoms with Gasteiger partial charge >= 0.3 is 0 Å². The maximum absolute atomic E-state index is 13.7. The van der Waals surface area contributed by atoms with Crippen LogP contribution in [0, 0.1) is 11.6 Å². The zero-order valence-electron chi connectivity index (χ0n) is 10.7. The maximum atomic E-state index is 13.7. The van der Waals surface area contributed by atoms with E-state index in [0.29, 0.717) is 24.3 Å². The van der Waals surface area contributed by atoms with Crippen molar-refractivity contribution in [3.63, 3.8) is 0 Å². The second-order valence-corrected chi connectivity index (χ2v) is 4.31. The smallest absolute Gasteiger partial charge is 0.131 e. The molecule has 0 amide bonds. The molecule has 0 radical (unpaired) electrons. The fraction of sp³-hybridized carbons (Fsp3) is 0.200. The van der Waals surface area contributed by atoms with E-state index in [1.165, 1.54) is 12.1 Å². The molecule has 0 aliphatic rings. The summed E-state index contributed by atoms with van der Waals surface area (Å²) < 4.78 is 26.5. The third-order valence-electron chi connectivity index (χ3n) is 3.04. The number of hydrogen-bond donors (Lipinski definition) is 1. The number of nitrogens with zero attached hydrogens (tertiary/aromatic N) is 1. The molecule has 0 saturated carbocycles. The quantitative estimate of drug-likeness (QED) is 0.853. The standard InChI is InChI=1S/C15H16F2N2/c1-2-19(15-6-4-3-5-14(15)18)10-11-7-8-12(16)9-13(11)17/h3-9H,2,10,18H2,1H3. The van der Waals surface area contributed by atoms with Crippen LogP contribution in [0.3, 0.4) is 0 Å². The largest absolute Gasteiger partial charge is 0.397 e. The Hall–Kier alpha value is -2.10. The van der Waals surface area contributed by atoms with Crippen LogP contribution in [0.2, 0.25) is 0 Å². The molecule has 0 heterocycles. The first kappa shape index (κ1) is 13.3. The van der Waals surface area contributed by atoms with Gasteiger partial charge in [-0.25, -0.2) is 8.78 Å². The van der Waals surface area contributed by atoms with Crippen molar-refractivity contribution in [1.82, 2.24) is 0 Å². The lowest BCUT2D eigenvalue weighted by molar-refractivity contribution is 0.569. The van der Waals surface area contributed by atoms with Gasteiger partial charge in [-0.3, -0.25) is 0 Å². The van der Waals surface area contributed by atoms with Gasteiger partial charge < -0.3 is 10.6 Å². The molecule has 0 aliphatic heterocycles. The molecule has 2 aromatic rings. The van der Waals surface area contributed by atoms with Gasteiger partial charge in [0, 0.05) is 24.7 Å². The Kier molecular flexibility index (Phi) is 4.00. The summed E-state index contributed by atoms with van der Waals surface area (Å²) in [6, 6.07) is 11.1. The van der Waals surface area contributed by atoms with Crippen LogP contribution in [-0.2, 0) is 6.54 Å². The van der Waals surface area contributed by atoms with Crippen molar-refractivity contribution in [2.24, 2.45) is 0 Å². The summed E-state index contributed by atoms with van der Waals surface area (Å²) in [5.74, 6) is -1.10. The van der Waals surface area contributed by atoms with E-state index in [4.69, 9.17) is 5.73 Å². The van der Waals surface area contributed by atoms with E-state index in [-0.39, 0.29) is 0 Å². The van der Waals surface area contributed by atoms with Crippen LogP contribution in [0.4, 0.5) is 20.2 Å². The number of rotatable bonds is 4. The number of para-hydroxylation sites is 2. The van der Waals surface area contributed by atoms with Gasteiger partial charge in [0.15, 0.2) is 0 Å². The Balaban J connectivity index is 2.27. The fourth-order valence-electron chi connectivity index (χ4n) is 2.00. The van der Waals surface area contributed by atoms with Crippen LogP contribution in [-0.4, -0.2) is 6.54 Å². The van der Waals surface area contributed by atoms with Crippen LogP contribution in [0.1, 0.15) is 12.5 Å². The highest BCUT2D eigenvalue weighted by Crippen LogP contribution is 2.24. The molecule has 2 N–H and O–H groups in total. The highest BCUT2D eigenvalue weighted by Gasteiger charge is 2.11. The second kappa shape index (κ2) is 5.69. The molecule has 0 bridgehead atoms. The summed E-state index contributed by atoms with van der Waals surface area (Å²) in [6.45, 7) is 3.01. The van der Waals surface area contributed by atoms with Gasteiger partial charge in [0.25, 0.3) is 0 Å². The molecular weight excluding hydrogens is 246 g/mol. The average Bonchev–Trinajstić information content (AvgIpc) is 2.39. The summed E-state index contributed by atoms with van der Waals surface area (Å²) in [5, 5.41) is 0. The maximum Gasteiger partial charge on any atom is 0.131 e. The molecule has 0 fully saturated rings. The molecule has 4 heteroatoms. The van der Waals surface area contributed by atoms with E-state index < -0.39 is 11.6 Å². The molecule has 2 aromatic carbocycles. The summed E-state index contributed by atoms with van der Waals surface area (Å²) in [4.78, 5) is 1.95. The van der Waals surface area contributed by atoms with Crippen molar-refractivity contribution in [3.8, 4) is 0 Å². The first-order valence-electron chi connectivity index (χ1n) is 6.15. The molecule has 0 aliphatic carbocycles. The third-order valence-corrected chi connectivity index (χ3v) is 3.04. The molecule has 0 atom stereocenters. The SMILES string of the molecule is CCN(Cc1ccc(F)cc1F)c1ccccc1N. The third kappa shape index (κ3) is 3.02. The number of nitrogen functional groups attached to an aromatic ring is 1. The van der Waals surface area contributed by atoms with Crippen LogP contribution in [0.5, 0.6) is 0 Å². The average molecular weight is 262 g/mol. The van der Waals surface area contributed by atoms with Crippen LogP contribution >= 0.6 is 0 Å². The van der Waals surface area contributed by atoms with Crippen molar-refractivity contribution in [2.75, 3.05) is 17.2 Å². The van der Waals surface area contributed by atoms with E-state index in [0.717, 1.165) is 11.8 Å². The second-order valence-electron chi connectivity index (χ2n) is 4.31. The minimum absolute atomic E-state index is 0.358. The molecule has 2 nitrogen and oxygen atoms in total. The molecule has 0 unspecified atom stereocenters. The number of nitrogens with two attached hydrogens (primary N) is 1. The van der Waals surface area contributed by atoms with Crippen LogP contribution in [0.15, 0.2) is 42.5 Å². The van der Waals surface area contributed by atoms with Gasteiger partial charge in [-0.1, -0.05) is 18.2 Å². The Labute approximate surface area is 111 Å². The normalized spacial score (nSPS) is 10.5. The van der Waals surface area contributed by atoms with Crippen molar-refractivity contribution in [3.05, 3.63) is 59.7 Å². The molecular formula is C15H16F2N2. The number of anilines is 2. The van der Waals surface area contributed by atoms with Crippen LogP contribution in [0.25, 0.3) is 0 Å². The van der Waals surface area contributed by atoms with Gasteiger partial charge in [-0.2, -0.15) is 0 Å². The Morgan fingerprint density at radius 2 is 1.84 bits per heavy atom. The summed E-state index contributed by atoms with van der Waals surface area (Å²) in [5.41, 5.74) is 7.87. The molecule has 100 valence electrons. The minimum atomic E-state index is -0.566. The van der Waals surface area contributed by atoms with Gasteiger partial charge in [0.2, 0.25) is 0 Å². The lowest BCUT2D eigenvalue weighted by atomic mass is 10.1. The monoisotopic (exact) mass is 262 g/mol. The molecule has 0 saturated heterocycles. The first-order valence-corrected chi connectivity index (χ1v) is 6.15. The van der Waals surface area contributed by atoms with Gasteiger partial charge in [0.05, 0.1) is 11.4 Å². The highest BCUT2D eigenvalue weighted by molar-refractivity contribution is 5.67. The van der Waals surface area contributed by atoms with Crippen molar-refractivity contribution >= 4 is 11.4 Å². The number of halogens is 2. The van der Waals surface area contributed by atoms with Gasteiger partial charge in [-0.15, -0.1) is 0 Å². The predicted octanol–water partition coefficient (Wildman–Crippen LogP) is 3.57. The summed E-state index contributed by atoms with van der Waals surface area (Å²) in [7, 11) is 0. The first-order chi connectivity index (χ1) is 9.11. The van der Waals surface area contributed by atoms with Gasteiger partial charge in [0.1, 0.15) is 11.6 Å². The minimum Gasteiger partial charge on any atom is -0.397 e. The van der Waals surface area contributed by atoms with E-state index in [1.54, 1.807) is 6.07 Å². The fourth-order valence-corrected chi connectivity index (χ4v) is 2.00. The highest BCUT2D eigenvalue weighted by atomic mass is 19.1. The predicted molar refractivity (Wildman–Crippen MR) is 73.9 cm³/mol. The lowest BCUT2D eigenvalue weighted by Gasteiger charge is -2.24. The molecule has 2 rings (SSSR count). The summed E-state index contributed by atoms with van der Waals surface area (Å²) >= 11 is 0. The van der Waals surface area contributed by atoms with Crippen LogP contribution < -0.4 is 10.6 Å². The van der Waals surface area contributed by atoms with Crippen molar-refractivity contribution in [2.45, 2.75) is 13.5 Å². The zero-order valence-corrected chi connectivity index (χ0v) is 10.7. The summed E-state index contributed by atoms with van der Waals surface area (Å²) in [6.07, 6.45) is 0. The molecule has 0 spiro atoms. The van der Waals surface area contributed by atoms with E-state index in [1.807, 2.05) is 30.0 Å². The lowest BCUT2D eigenvalue weighted by Crippen LogP contribution is -2.23. The molecule has 0 aromatic heterocycles. The van der Waals surface area contributed by atoms with Crippen molar-refractivity contribution in [1.29, 1.82) is 0 Å². The number of hydrogen-bond acceptors (Lipinski definition) is 2. The van der Waals surface area contributed by atoms with E-state index in [9.17, 15) is 8.78 Å².